The van der Waals surface area contributed by atoms with Crippen molar-refractivity contribution in [1.82, 2.24) is 0 Å². The summed E-state index contributed by atoms with van der Waals surface area (Å²) in [5.74, 6) is 2.56. The third-order valence-electron chi connectivity index (χ3n) is 7.53. The summed E-state index contributed by atoms with van der Waals surface area (Å²) < 4.78 is 29.1. The van der Waals surface area contributed by atoms with Gasteiger partial charge in [0.15, 0.2) is 23.0 Å². The second-order valence-electron chi connectivity index (χ2n) is 10.2. The van der Waals surface area contributed by atoms with Crippen molar-refractivity contribution in [3.8, 4) is 23.0 Å². The number of esters is 1. The summed E-state index contributed by atoms with van der Waals surface area (Å²) in [4.78, 5) is 12.7. The van der Waals surface area contributed by atoms with Crippen LogP contribution in [0.5, 0.6) is 23.0 Å². The molecule has 0 N–H and O–H groups in total. The molecule has 1 aliphatic heterocycles. The predicted octanol–water partition coefficient (Wildman–Crippen LogP) is 6.49. The van der Waals surface area contributed by atoms with Crippen LogP contribution in [0.25, 0.3) is 0 Å². The zero-order valence-electron chi connectivity index (χ0n) is 22.2. The van der Waals surface area contributed by atoms with Gasteiger partial charge in [-0.25, -0.2) is 0 Å². The smallest absolute Gasteiger partial charge is 0.309 e. The molecule has 0 amide bonds. The van der Waals surface area contributed by atoms with Crippen LogP contribution >= 0.6 is 0 Å². The summed E-state index contributed by atoms with van der Waals surface area (Å²) >= 11 is 0. The van der Waals surface area contributed by atoms with E-state index in [1.165, 1.54) is 12.8 Å². The summed E-state index contributed by atoms with van der Waals surface area (Å²) in [7, 11) is 3.30. The summed E-state index contributed by atoms with van der Waals surface area (Å²) in [6.45, 7) is 0.835. The highest BCUT2D eigenvalue weighted by molar-refractivity contribution is 5.74. The number of ether oxygens (including phenoxy) is 5. The van der Waals surface area contributed by atoms with Gasteiger partial charge in [0.25, 0.3) is 0 Å². The van der Waals surface area contributed by atoms with E-state index in [9.17, 15) is 4.79 Å². The van der Waals surface area contributed by atoms with Gasteiger partial charge < -0.3 is 23.7 Å². The van der Waals surface area contributed by atoms with Gasteiger partial charge in [-0.05, 0) is 79.5 Å². The van der Waals surface area contributed by atoms with Gasteiger partial charge in [-0.15, -0.1) is 0 Å². The standard InChI is InChI=1S/C32H36O6/c1-34-28-15-13-24(19-31(28)38-27-10-6-7-11-27)26-18-25(32(33)37-21-26)16-23-12-14-29(30(17-23)35-2)36-20-22-8-4-3-5-9-22/h3-5,8-9,12-15,17,19,25-27H,6-7,10-11,16,18,20-21H2,1-2H3/t25?,26-/m1/s1. The van der Waals surface area contributed by atoms with Crippen molar-refractivity contribution < 1.29 is 28.5 Å². The van der Waals surface area contributed by atoms with Gasteiger partial charge in [-0.3, -0.25) is 4.79 Å². The van der Waals surface area contributed by atoms with Gasteiger partial charge in [0, 0.05) is 5.92 Å². The Hall–Kier alpha value is -3.67. The second kappa shape index (κ2) is 12.2. The Kier molecular flexibility index (Phi) is 8.37. The van der Waals surface area contributed by atoms with Crippen molar-refractivity contribution >= 4 is 5.97 Å². The topological polar surface area (TPSA) is 63.2 Å². The molecule has 1 heterocycles. The molecule has 38 heavy (non-hydrogen) atoms. The second-order valence-corrected chi connectivity index (χ2v) is 10.2. The molecule has 1 unspecified atom stereocenters. The third kappa shape index (κ3) is 6.24. The zero-order chi connectivity index (χ0) is 26.3. The van der Waals surface area contributed by atoms with E-state index in [4.69, 9.17) is 23.7 Å². The first-order valence-corrected chi connectivity index (χ1v) is 13.5. The third-order valence-corrected chi connectivity index (χ3v) is 7.53. The number of hydrogen-bond donors (Lipinski definition) is 0. The van der Waals surface area contributed by atoms with Crippen molar-refractivity contribution in [3.63, 3.8) is 0 Å². The lowest BCUT2D eigenvalue weighted by atomic mass is 9.84. The molecule has 5 rings (SSSR count). The maximum atomic E-state index is 12.7. The van der Waals surface area contributed by atoms with Crippen molar-refractivity contribution in [2.75, 3.05) is 20.8 Å². The van der Waals surface area contributed by atoms with Crippen LogP contribution in [0.1, 0.15) is 54.7 Å². The first-order valence-electron chi connectivity index (χ1n) is 13.5. The molecule has 0 aromatic heterocycles. The lowest BCUT2D eigenvalue weighted by Gasteiger charge is -2.29. The van der Waals surface area contributed by atoms with Crippen molar-refractivity contribution in [1.29, 1.82) is 0 Å². The Balaban J connectivity index is 1.26. The van der Waals surface area contributed by atoms with Gasteiger partial charge in [0.2, 0.25) is 0 Å². The molecule has 2 fully saturated rings. The van der Waals surface area contributed by atoms with E-state index in [1.54, 1.807) is 14.2 Å². The number of hydrogen-bond acceptors (Lipinski definition) is 6. The number of rotatable bonds is 10. The number of benzene rings is 3. The Morgan fingerprint density at radius 3 is 2.34 bits per heavy atom. The largest absolute Gasteiger partial charge is 0.493 e. The number of methoxy groups -OCH3 is 2. The maximum absolute atomic E-state index is 12.7. The van der Waals surface area contributed by atoms with Crippen molar-refractivity contribution in [2.45, 2.75) is 57.2 Å². The van der Waals surface area contributed by atoms with Crippen molar-refractivity contribution in [2.24, 2.45) is 5.92 Å². The average molecular weight is 517 g/mol. The number of cyclic esters (lactones) is 1. The van der Waals surface area contributed by atoms with E-state index in [1.807, 2.05) is 54.6 Å². The fourth-order valence-electron chi connectivity index (χ4n) is 5.41. The van der Waals surface area contributed by atoms with Gasteiger partial charge in [-0.2, -0.15) is 0 Å². The van der Waals surface area contributed by atoms with Crippen LogP contribution in [0.15, 0.2) is 66.7 Å². The van der Waals surface area contributed by atoms with Gasteiger partial charge >= 0.3 is 5.97 Å². The summed E-state index contributed by atoms with van der Waals surface area (Å²) in [6.07, 6.45) is 6.10. The van der Waals surface area contributed by atoms with Gasteiger partial charge in [0.1, 0.15) is 6.61 Å². The van der Waals surface area contributed by atoms with Gasteiger partial charge in [0.05, 0.1) is 32.8 Å². The molecule has 0 radical (unpaired) electrons. The molecular formula is C32H36O6. The normalized spacial score (nSPS) is 19.6. The molecule has 200 valence electrons. The number of carbonyl (C=O) groups is 1. The highest BCUT2D eigenvalue weighted by Crippen LogP contribution is 2.38. The minimum atomic E-state index is -0.240. The van der Waals surface area contributed by atoms with Crippen LogP contribution in [0.3, 0.4) is 0 Å². The van der Waals surface area contributed by atoms with Crippen LogP contribution < -0.4 is 18.9 Å². The predicted molar refractivity (Wildman–Crippen MR) is 145 cm³/mol. The fraction of sp³-hybridized carbons (Fsp3) is 0.406. The molecule has 0 bridgehead atoms. The first kappa shape index (κ1) is 26.0. The summed E-state index contributed by atoms with van der Waals surface area (Å²) in [6, 6.07) is 22.0. The lowest BCUT2D eigenvalue weighted by molar-refractivity contribution is -0.154. The van der Waals surface area contributed by atoms with Crippen LogP contribution in [-0.4, -0.2) is 32.9 Å². The number of carbonyl (C=O) groups excluding carboxylic acids is 1. The lowest BCUT2D eigenvalue weighted by Crippen LogP contribution is -2.31. The molecule has 1 saturated carbocycles. The molecule has 1 saturated heterocycles. The summed E-state index contributed by atoms with van der Waals surface area (Å²) in [5.41, 5.74) is 3.21. The first-order chi connectivity index (χ1) is 18.6. The quantitative estimate of drug-likeness (QED) is 0.287. The molecule has 1 aliphatic carbocycles. The van der Waals surface area contributed by atoms with E-state index in [2.05, 4.69) is 12.1 Å². The summed E-state index contributed by atoms with van der Waals surface area (Å²) in [5, 5.41) is 0. The van der Waals surface area contributed by atoms with E-state index in [0.29, 0.717) is 37.6 Å². The van der Waals surface area contributed by atoms with Crippen molar-refractivity contribution in [3.05, 3.63) is 83.4 Å². The zero-order valence-corrected chi connectivity index (χ0v) is 22.2. The van der Waals surface area contributed by atoms with Crippen LogP contribution in [0.4, 0.5) is 0 Å². The van der Waals surface area contributed by atoms with E-state index in [-0.39, 0.29) is 23.9 Å². The van der Waals surface area contributed by atoms with Crippen LogP contribution in [0.2, 0.25) is 0 Å². The monoisotopic (exact) mass is 516 g/mol. The van der Waals surface area contributed by atoms with Crippen LogP contribution in [0, 0.1) is 5.92 Å². The molecular weight excluding hydrogens is 480 g/mol. The molecule has 2 atom stereocenters. The van der Waals surface area contributed by atoms with Crippen LogP contribution in [-0.2, 0) is 22.6 Å². The fourth-order valence-corrected chi connectivity index (χ4v) is 5.41. The minimum absolute atomic E-state index is 0.102. The highest BCUT2D eigenvalue weighted by Gasteiger charge is 2.32. The molecule has 3 aromatic carbocycles. The van der Waals surface area contributed by atoms with Gasteiger partial charge in [-0.1, -0.05) is 42.5 Å². The molecule has 6 nitrogen and oxygen atoms in total. The molecule has 2 aliphatic rings. The maximum Gasteiger partial charge on any atom is 0.309 e. The highest BCUT2D eigenvalue weighted by atomic mass is 16.5. The van der Waals surface area contributed by atoms with E-state index in [0.717, 1.165) is 41.0 Å². The molecule has 6 heteroatoms. The Labute approximate surface area is 224 Å². The molecule has 3 aromatic rings. The average Bonchev–Trinajstić information content (AvgIpc) is 3.47. The Morgan fingerprint density at radius 2 is 1.58 bits per heavy atom. The Bertz CT molecular complexity index is 1220. The minimum Gasteiger partial charge on any atom is -0.493 e. The molecule has 0 spiro atoms. The van der Waals surface area contributed by atoms with E-state index >= 15 is 0 Å². The Morgan fingerprint density at radius 1 is 0.816 bits per heavy atom. The van der Waals surface area contributed by atoms with E-state index < -0.39 is 0 Å². The SMILES string of the molecule is COc1cc(CC2C[C@@H](c3ccc(OC)c(OC4CCCC4)c3)COC2=O)ccc1OCc1ccccc1.